The number of hydrogen-bond donors (Lipinski definition) is 1. The van der Waals surface area contributed by atoms with Crippen molar-refractivity contribution in [3.05, 3.63) is 51.1 Å². The summed E-state index contributed by atoms with van der Waals surface area (Å²) in [5.41, 5.74) is 0.784. The molecule has 3 aromatic rings. The van der Waals surface area contributed by atoms with Crippen LogP contribution >= 0.6 is 23.2 Å². The average Bonchev–Trinajstić information content (AvgIpc) is 2.88. The van der Waals surface area contributed by atoms with E-state index in [-0.39, 0.29) is 24.4 Å². The molecule has 124 valence electrons. The lowest BCUT2D eigenvalue weighted by atomic mass is 10.3. The molecule has 0 aliphatic rings. The SMILES string of the molecule is Cn1ncc2c(=O)n(CCC(=O)Nc3cc(Cl)cc(Cl)c3)cnc21. The van der Waals surface area contributed by atoms with Crippen molar-refractivity contribution in [3.63, 3.8) is 0 Å². The smallest absolute Gasteiger partial charge is 0.264 e. The number of rotatable bonds is 4. The molecule has 1 aromatic carbocycles. The third kappa shape index (κ3) is 3.42. The van der Waals surface area contributed by atoms with Crippen LogP contribution in [0.15, 0.2) is 35.5 Å². The van der Waals surface area contributed by atoms with E-state index < -0.39 is 0 Å². The molecule has 0 bridgehead atoms. The summed E-state index contributed by atoms with van der Waals surface area (Å²) >= 11 is 11.8. The second-order valence-corrected chi connectivity index (χ2v) is 6.08. The number of aryl methyl sites for hydroxylation is 2. The molecule has 24 heavy (non-hydrogen) atoms. The Morgan fingerprint density at radius 3 is 2.67 bits per heavy atom. The lowest BCUT2D eigenvalue weighted by Crippen LogP contribution is -2.23. The van der Waals surface area contributed by atoms with Crippen molar-refractivity contribution in [2.75, 3.05) is 5.32 Å². The highest BCUT2D eigenvalue weighted by Gasteiger charge is 2.10. The van der Waals surface area contributed by atoms with Crippen LogP contribution in [0.3, 0.4) is 0 Å². The Kier molecular flexibility index (Phi) is 4.55. The maximum absolute atomic E-state index is 12.3. The predicted molar refractivity (Wildman–Crippen MR) is 92.5 cm³/mol. The molecule has 0 atom stereocenters. The standard InChI is InChI=1S/C15H13Cl2N5O2/c1-21-14-12(7-19-21)15(24)22(8-18-14)3-2-13(23)20-11-5-9(16)4-10(17)6-11/h4-8H,2-3H2,1H3,(H,20,23). The van der Waals surface area contributed by atoms with Crippen LogP contribution in [0.4, 0.5) is 5.69 Å². The topological polar surface area (TPSA) is 81.8 Å². The Labute approximate surface area is 146 Å². The van der Waals surface area contributed by atoms with E-state index in [0.717, 1.165) is 0 Å². The molecule has 0 radical (unpaired) electrons. The van der Waals surface area contributed by atoms with E-state index in [4.69, 9.17) is 23.2 Å². The zero-order chi connectivity index (χ0) is 17.3. The summed E-state index contributed by atoms with van der Waals surface area (Å²) in [6.07, 6.45) is 2.99. The number of benzene rings is 1. The van der Waals surface area contributed by atoms with Gasteiger partial charge >= 0.3 is 0 Å². The highest BCUT2D eigenvalue weighted by atomic mass is 35.5. The summed E-state index contributed by atoms with van der Waals surface area (Å²) in [4.78, 5) is 28.5. The monoisotopic (exact) mass is 365 g/mol. The first-order valence-electron chi connectivity index (χ1n) is 7.07. The fraction of sp³-hybridized carbons (Fsp3) is 0.200. The van der Waals surface area contributed by atoms with Crippen LogP contribution in [-0.2, 0) is 18.4 Å². The zero-order valence-electron chi connectivity index (χ0n) is 12.7. The molecule has 0 spiro atoms. The molecule has 1 N–H and O–H groups in total. The molecule has 9 heteroatoms. The number of halogens is 2. The summed E-state index contributed by atoms with van der Waals surface area (Å²) in [5, 5.41) is 7.98. The van der Waals surface area contributed by atoms with E-state index in [9.17, 15) is 9.59 Å². The van der Waals surface area contributed by atoms with E-state index in [2.05, 4.69) is 15.4 Å². The zero-order valence-corrected chi connectivity index (χ0v) is 14.2. The van der Waals surface area contributed by atoms with Gasteiger partial charge in [0.15, 0.2) is 5.65 Å². The second kappa shape index (κ2) is 6.62. The number of aromatic nitrogens is 4. The minimum Gasteiger partial charge on any atom is -0.326 e. The molecule has 7 nitrogen and oxygen atoms in total. The van der Waals surface area contributed by atoms with E-state index in [0.29, 0.717) is 26.8 Å². The summed E-state index contributed by atoms with van der Waals surface area (Å²) in [6.45, 7) is 0.205. The second-order valence-electron chi connectivity index (χ2n) is 5.20. The van der Waals surface area contributed by atoms with Crippen molar-refractivity contribution in [3.8, 4) is 0 Å². The number of carbonyl (C=O) groups excluding carboxylic acids is 1. The Bertz CT molecular complexity index is 959. The first kappa shape index (κ1) is 16.5. The molecular weight excluding hydrogens is 353 g/mol. The van der Waals surface area contributed by atoms with E-state index >= 15 is 0 Å². The number of fused-ring (bicyclic) bond motifs is 1. The van der Waals surface area contributed by atoms with Gasteiger partial charge in [-0.2, -0.15) is 5.10 Å². The Hall–Kier alpha value is -2.38. The highest BCUT2D eigenvalue weighted by Crippen LogP contribution is 2.22. The van der Waals surface area contributed by atoms with Crippen molar-refractivity contribution >= 4 is 45.8 Å². The first-order valence-corrected chi connectivity index (χ1v) is 7.83. The fourth-order valence-corrected chi connectivity index (χ4v) is 2.82. The molecule has 0 saturated heterocycles. The van der Waals surface area contributed by atoms with E-state index in [1.54, 1.807) is 25.2 Å². The lowest BCUT2D eigenvalue weighted by molar-refractivity contribution is -0.116. The van der Waals surface area contributed by atoms with Crippen LogP contribution in [0.25, 0.3) is 11.0 Å². The van der Waals surface area contributed by atoms with Gasteiger partial charge in [-0.25, -0.2) is 4.98 Å². The summed E-state index contributed by atoms with van der Waals surface area (Å²) in [5.74, 6) is -0.258. The fourth-order valence-electron chi connectivity index (χ4n) is 2.30. The number of carbonyl (C=O) groups is 1. The van der Waals surface area contributed by atoms with Gasteiger partial charge in [0.1, 0.15) is 5.39 Å². The van der Waals surface area contributed by atoms with Gasteiger partial charge in [0.05, 0.1) is 12.5 Å². The van der Waals surface area contributed by atoms with Gasteiger partial charge in [-0.3, -0.25) is 18.8 Å². The van der Waals surface area contributed by atoms with Gasteiger partial charge in [-0.15, -0.1) is 0 Å². The third-order valence-corrected chi connectivity index (χ3v) is 3.88. The highest BCUT2D eigenvalue weighted by molar-refractivity contribution is 6.35. The Morgan fingerprint density at radius 2 is 1.96 bits per heavy atom. The number of nitrogens with zero attached hydrogens (tertiary/aromatic N) is 4. The van der Waals surface area contributed by atoms with Gasteiger partial charge in [0.2, 0.25) is 5.91 Å². The van der Waals surface area contributed by atoms with Crippen molar-refractivity contribution in [1.82, 2.24) is 19.3 Å². The molecule has 2 aromatic heterocycles. The van der Waals surface area contributed by atoms with Gasteiger partial charge in [-0.05, 0) is 18.2 Å². The van der Waals surface area contributed by atoms with Crippen LogP contribution in [0.1, 0.15) is 6.42 Å². The molecular formula is C15H13Cl2N5O2. The molecule has 0 aliphatic carbocycles. The van der Waals surface area contributed by atoms with Crippen LogP contribution in [0.5, 0.6) is 0 Å². The largest absolute Gasteiger partial charge is 0.326 e. The van der Waals surface area contributed by atoms with Crippen LogP contribution in [-0.4, -0.2) is 25.2 Å². The molecule has 3 rings (SSSR count). The normalized spacial score (nSPS) is 11.0. The lowest BCUT2D eigenvalue weighted by Gasteiger charge is -2.08. The van der Waals surface area contributed by atoms with E-state index in [1.807, 2.05) is 0 Å². The molecule has 0 unspecified atom stereocenters. The van der Waals surface area contributed by atoms with E-state index in [1.165, 1.54) is 21.8 Å². The molecule has 0 fully saturated rings. The van der Waals surface area contributed by atoms with Crippen molar-refractivity contribution in [1.29, 1.82) is 0 Å². The minimum absolute atomic E-state index is 0.109. The van der Waals surface area contributed by atoms with Gasteiger partial charge < -0.3 is 5.32 Å². The van der Waals surface area contributed by atoms with Gasteiger partial charge in [0.25, 0.3) is 5.56 Å². The van der Waals surface area contributed by atoms with Crippen molar-refractivity contribution < 1.29 is 4.79 Å². The predicted octanol–water partition coefficient (Wildman–Crippen LogP) is 2.47. The molecule has 0 saturated carbocycles. The summed E-state index contributed by atoms with van der Waals surface area (Å²) < 4.78 is 2.91. The molecule has 1 amide bonds. The quantitative estimate of drug-likeness (QED) is 0.769. The third-order valence-electron chi connectivity index (χ3n) is 3.44. The summed E-state index contributed by atoms with van der Waals surface area (Å²) in [7, 11) is 1.71. The molecule has 2 heterocycles. The van der Waals surface area contributed by atoms with Gasteiger partial charge in [0, 0.05) is 35.7 Å². The Balaban J connectivity index is 1.70. The molecule has 0 aliphatic heterocycles. The van der Waals surface area contributed by atoms with Crippen LogP contribution in [0.2, 0.25) is 10.0 Å². The van der Waals surface area contributed by atoms with Crippen molar-refractivity contribution in [2.45, 2.75) is 13.0 Å². The maximum atomic E-state index is 12.3. The first-order chi connectivity index (χ1) is 11.4. The number of nitrogens with one attached hydrogen (secondary N) is 1. The summed E-state index contributed by atoms with van der Waals surface area (Å²) in [6, 6.07) is 4.77. The number of amides is 1. The minimum atomic E-state index is -0.258. The number of hydrogen-bond acceptors (Lipinski definition) is 4. The number of anilines is 1. The van der Waals surface area contributed by atoms with Crippen molar-refractivity contribution in [2.24, 2.45) is 7.05 Å². The average molecular weight is 366 g/mol. The van der Waals surface area contributed by atoms with Crippen LogP contribution < -0.4 is 10.9 Å². The maximum Gasteiger partial charge on any atom is 0.264 e. The Morgan fingerprint density at radius 1 is 1.25 bits per heavy atom. The van der Waals surface area contributed by atoms with Crippen LogP contribution in [0, 0.1) is 0 Å². The van der Waals surface area contributed by atoms with Gasteiger partial charge in [-0.1, -0.05) is 23.2 Å².